The monoisotopic (exact) mass is 519 g/mol. The maximum atomic E-state index is 12.0. The van der Waals surface area contributed by atoms with Gasteiger partial charge in [0, 0.05) is 31.7 Å². The van der Waals surface area contributed by atoms with Crippen molar-refractivity contribution in [3.05, 3.63) is 72.8 Å². The number of anilines is 1. The highest BCUT2D eigenvalue weighted by Gasteiger charge is 2.04. The number of nitrogens with one attached hydrogen (secondary N) is 3. The second kappa shape index (κ2) is 12.6. The molecular formula is C21H26IN7O. The number of benzene rings is 1. The van der Waals surface area contributed by atoms with E-state index < -0.39 is 0 Å². The lowest BCUT2D eigenvalue weighted by Gasteiger charge is -2.11. The van der Waals surface area contributed by atoms with Crippen molar-refractivity contribution < 1.29 is 4.79 Å². The second-order valence-corrected chi connectivity index (χ2v) is 6.28. The minimum atomic E-state index is -0.190. The predicted octanol–water partition coefficient (Wildman–Crippen LogP) is 2.62. The molecule has 30 heavy (non-hydrogen) atoms. The van der Waals surface area contributed by atoms with Crippen molar-refractivity contribution in [1.82, 2.24) is 25.4 Å². The molecule has 0 spiro atoms. The van der Waals surface area contributed by atoms with E-state index in [0.29, 0.717) is 24.7 Å². The van der Waals surface area contributed by atoms with Gasteiger partial charge in [-0.15, -0.1) is 24.0 Å². The van der Waals surface area contributed by atoms with Crippen LogP contribution >= 0.6 is 24.0 Å². The number of carbonyl (C=O) groups excluding carboxylic acids is 1. The van der Waals surface area contributed by atoms with E-state index in [-0.39, 0.29) is 36.4 Å². The number of hydrogen-bond acceptors (Lipinski definition) is 4. The van der Waals surface area contributed by atoms with Gasteiger partial charge >= 0.3 is 0 Å². The zero-order valence-corrected chi connectivity index (χ0v) is 19.1. The molecule has 2 aromatic heterocycles. The number of halogens is 1. The van der Waals surface area contributed by atoms with Crippen molar-refractivity contribution in [1.29, 1.82) is 0 Å². The first kappa shape index (κ1) is 23.3. The number of hydrogen-bond donors (Lipinski definition) is 3. The molecule has 2 heterocycles. The van der Waals surface area contributed by atoms with Crippen molar-refractivity contribution in [3.63, 3.8) is 0 Å². The zero-order valence-electron chi connectivity index (χ0n) is 16.8. The smallest absolute Gasteiger partial charge is 0.246 e. The van der Waals surface area contributed by atoms with E-state index in [0.717, 1.165) is 12.1 Å². The fraction of sp³-hybridized carbons (Fsp3) is 0.238. The lowest BCUT2D eigenvalue weighted by Crippen LogP contribution is -2.39. The number of amides is 1. The molecule has 1 aromatic carbocycles. The number of aliphatic imine (C=N–C) groups is 1. The van der Waals surface area contributed by atoms with Gasteiger partial charge in [0.05, 0.1) is 17.6 Å². The fourth-order valence-electron chi connectivity index (χ4n) is 2.69. The lowest BCUT2D eigenvalue weighted by atomic mass is 10.1. The lowest BCUT2D eigenvalue weighted by molar-refractivity contribution is -0.114. The number of aromatic nitrogens is 3. The van der Waals surface area contributed by atoms with Crippen LogP contribution in [0.25, 0.3) is 5.69 Å². The normalized spacial score (nSPS) is 10.8. The van der Waals surface area contributed by atoms with Crippen molar-refractivity contribution in [2.75, 3.05) is 25.0 Å². The molecule has 0 saturated carbocycles. The Hall–Kier alpha value is -2.95. The Balaban J connectivity index is 0.00000320. The molecule has 0 aliphatic carbocycles. The minimum absolute atomic E-state index is 0. The van der Waals surface area contributed by atoms with E-state index in [1.165, 1.54) is 5.56 Å². The van der Waals surface area contributed by atoms with Gasteiger partial charge in [-0.1, -0.05) is 12.1 Å². The summed E-state index contributed by atoms with van der Waals surface area (Å²) in [5, 5.41) is 13.4. The van der Waals surface area contributed by atoms with Crippen LogP contribution in [-0.2, 0) is 11.2 Å². The quantitative estimate of drug-likeness (QED) is 0.242. The van der Waals surface area contributed by atoms with Crippen LogP contribution in [0.15, 0.2) is 72.2 Å². The van der Waals surface area contributed by atoms with Gasteiger partial charge in [-0.3, -0.25) is 9.78 Å². The molecule has 1 amide bonds. The second-order valence-electron chi connectivity index (χ2n) is 6.28. The first-order chi connectivity index (χ1) is 14.2. The topological polar surface area (TPSA) is 96.2 Å². The van der Waals surface area contributed by atoms with Gasteiger partial charge in [0.15, 0.2) is 5.96 Å². The van der Waals surface area contributed by atoms with E-state index in [1.54, 1.807) is 30.7 Å². The summed E-state index contributed by atoms with van der Waals surface area (Å²) < 4.78 is 1.83. The van der Waals surface area contributed by atoms with Crippen LogP contribution in [-0.4, -0.2) is 46.3 Å². The number of pyridine rings is 1. The molecule has 0 aliphatic heterocycles. The van der Waals surface area contributed by atoms with Crippen LogP contribution < -0.4 is 16.0 Å². The Morgan fingerprint density at radius 1 is 1.10 bits per heavy atom. The Bertz CT molecular complexity index is 912. The first-order valence-electron chi connectivity index (χ1n) is 9.55. The van der Waals surface area contributed by atoms with Crippen molar-refractivity contribution in [2.24, 2.45) is 4.99 Å². The Kier molecular flexibility index (Phi) is 9.78. The Labute approximate surface area is 193 Å². The SMILES string of the molecule is CCNC(=NCC(=O)Nc1cccnc1)NCCc1ccc(-n2cccn2)cc1.I. The third-order valence-electron chi connectivity index (χ3n) is 4.08. The van der Waals surface area contributed by atoms with Gasteiger partial charge in [0.1, 0.15) is 6.54 Å². The summed E-state index contributed by atoms with van der Waals surface area (Å²) in [5.74, 6) is 0.423. The van der Waals surface area contributed by atoms with Crippen LogP contribution in [0, 0.1) is 0 Å². The molecule has 3 aromatic rings. The molecule has 0 bridgehead atoms. The van der Waals surface area contributed by atoms with Gasteiger partial charge in [-0.2, -0.15) is 5.10 Å². The number of rotatable bonds is 8. The van der Waals surface area contributed by atoms with Gasteiger partial charge in [0.25, 0.3) is 0 Å². The summed E-state index contributed by atoms with van der Waals surface area (Å²) in [6, 6.07) is 13.7. The number of carbonyl (C=O) groups is 1. The molecule has 0 saturated heterocycles. The highest BCUT2D eigenvalue weighted by molar-refractivity contribution is 14.0. The molecule has 0 atom stereocenters. The molecule has 3 rings (SSSR count). The average Bonchev–Trinajstić information content (AvgIpc) is 3.28. The van der Waals surface area contributed by atoms with Crippen LogP contribution in [0.2, 0.25) is 0 Å². The number of guanidine groups is 1. The van der Waals surface area contributed by atoms with Crippen LogP contribution in [0.3, 0.4) is 0 Å². The van der Waals surface area contributed by atoms with Gasteiger partial charge in [-0.05, 0) is 49.2 Å². The molecule has 9 heteroatoms. The first-order valence-corrected chi connectivity index (χ1v) is 9.55. The van der Waals surface area contributed by atoms with E-state index in [1.807, 2.05) is 36.0 Å². The average molecular weight is 519 g/mol. The van der Waals surface area contributed by atoms with Gasteiger partial charge in [0.2, 0.25) is 5.91 Å². The highest BCUT2D eigenvalue weighted by atomic mass is 127. The van der Waals surface area contributed by atoms with E-state index in [4.69, 9.17) is 0 Å². The van der Waals surface area contributed by atoms with Gasteiger partial charge in [-0.25, -0.2) is 9.67 Å². The predicted molar refractivity (Wildman–Crippen MR) is 130 cm³/mol. The Morgan fingerprint density at radius 2 is 1.93 bits per heavy atom. The van der Waals surface area contributed by atoms with Crippen molar-refractivity contribution in [2.45, 2.75) is 13.3 Å². The summed E-state index contributed by atoms with van der Waals surface area (Å²) in [4.78, 5) is 20.3. The number of nitrogens with zero attached hydrogens (tertiary/aromatic N) is 4. The standard InChI is InChI=1S/C21H25N7O.HI/c1-2-23-21(25-16-20(29)27-18-5-3-11-22-15-18)24-13-10-17-6-8-19(9-7-17)28-14-4-12-26-28;/h3-9,11-12,14-15H,2,10,13,16H2,1H3,(H,27,29)(H2,23,24,25);1H. The highest BCUT2D eigenvalue weighted by Crippen LogP contribution is 2.08. The minimum Gasteiger partial charge on any atom is -0.357 e. The third kappa shape index (κ3) is 7.47. The van der Waals surface area contributed by atoms with E-state index >= 15 is 0 Å². The fourth-order valence-corrected chi connectivity index (χ4v) is 2.69. The molecule has 0 radical (unpaired) electrons. The summed E-state index contributed by atoms with van der Waals surface area (Å²) >= 11 is 0. The summed E-state index contributed by atoms with van der Waals surface area (Å²) in [5.41, 5.74) is 2.89. The summed E-state index contributed by atoms with van der Waals surface area (Å²) in [6.07, 6.45) is 7.77. The molecule has 3 N–H and O–H groups in total. The van der Waals surface area contributed by atoms with Crippen LogP contribution in [0.4, 0.5) is 5.69 Å². The Morgan fingerprint density at radius 3 is 2.60 bits per heavy atom. The molecule has 0 fully saturated rings. The van der Waals surface area contributed by atoms with Crippen LogP contribution in [0.1, 0.15) is 12.5 Å². The van der Waals surface area contributed by atoms with E-state index in [2.05, 4.69) is 43.2 Å². The van der Waals surface area contributed by atoms with Crippen molar-refractivity contribution in [3.8, 4) is 5.69 Å². The van der Waals surface area contributed by atoms with E-state index in [9.17, 15) is 4.79 Å². The maximum absolute atomic E-state index is 12.0. The maximum Gasteiger partial charge on any atom is 0.246 e. The molecular weight excluding hydrogens is 493 g/mol. The molecule has 0 aliphatic rings. The molecule has 0 unspecified atom stereocenters. The van der Waals surface area contributed by atoms with Crippen molar-refractivity contribution >= 4 is 41.5 Å². The molecule has 158 valence electrons. The zero-order chi connectivity index (χ0) is 20.3. The summed E-state index contributed by atoms with van der Waals surface area (Å²) in [7, 11) is 0. The summed E-state index contributed by atoms with van der Waals surface area (Å²) in [6.45, 7) is 3.44. The van der Waals surface area contributed by atoms with Gasteiger partial charge < -0.3 is 16.0 Å². The largest absolute Gasteiger partial charge is 0.357 e. The van der Waals surface area contributed by atoms with Crippen LogP contribution in [0.5, 0.6) is 0 Å². The third-order valence-corrected chi connectivity index (χ3v) is 4.08. The molecule has 8 nitrogen and oxygen atoms in total.